The second kappa shape index (κ2) is 16.2. The minimum Gasteiger partial charge on any atom is -0.494 e. The standard InChI is InChI=1S/C38H46N4O4/c1-27(2)46-34(43)26-41-36(35(28-13-6-3-7-14-28)29-15-8-4-9-16-29)38(44)42(31-17-10-5-11-18-31)23-12-24-45-32-19-20-33-30(25-32)21-22-40-37(33)39/h3-4,6-9,13-16,19-22,25,27,31,35-36,41H,5,10-12,17-18,23-24,26H2,1-2H3,(H2,39,40)/t36-/m1/s1. The van der Waals surface area contributed by atoms with E-state index in [4.69, 9.17) is 15.2 Å². The summed E-state index contributed by atoms with van der Waals surface area (Å²) >= 11 is 0. The quantitative estimate of drug-likeness (QED) is 0.122. The summed E-state index contributed by atoms with van der Waals surface area (Å²) in [6.45, 7) is 4.61. The number of esters is 1. The number of carbonyl (C=O) groups is 2. The van der Waals surface area contributed by atoms with E-state index < -0.39 is 6.04 Å². The van der Waals surface area contributed by atoms with E-state index in [1.54, 1.807) is 6.20 Å². The molecule has 8 nitrogen and oxygen atoms in total. The van der Waals surface area contributed by atoms with Gasteiger partial charge >= 0.3 is 5.97 Å². The maximum absolute atomic E-state index is 14.9. The molecule has 5 rings (SSSR count). The van der Waals surface area contributed by atoms with Gasteiger partial charge in [0.1, 0.15) is 11.6 Å². The molecular formula is C38H46N4O4. The molecule has 1 fully saturated rings. The number of nitrogens with two attached hydrogens (primary N) is 1. The van der Waals surface area contributed by atoms with Gasteiger partial charge in [0.15, 0.2) is 0 Å². The Bertz CT molecular complexity index is 1520. The smallest absolute Gasteiger partial charge is 0.320 e. The number of ether oxygens (including phenoxy) is 2. The first-order valence-electron chi connectivity index (χ1n) is 16.5. The van der Waals surface area contributed by atoms with E-state index in [1.165, 1.54) is 6.42 Å². The summed E-state index contributed by atoms with van der Waals surface area (Å²) in [5.74, 6) is 0.568. The summed E-state index contributed by atoms with van der Waals surface area (Å²) < 4.78 is 11.6. The van der Waals surface area contributed by atoms with Crippen LogP contribution in [-0.4, -0.2) is 59.6 Å². The Balaban J connectivity index is 1.39. The summed E-state index contributed by atoms with van der Waals surface area (Å²) in [7, 11) is 0. The summed E-state index contributed by atoms with van der Waals surface area (Å²) in [4.78, 5) is 33.8. The van der Waals surface area contributed by atoms with E-state index in [0.717, 1.165) is 53.3 Å². The van der Waals surface area contributed by atoms with Crippen molar-refractivity contribution < 1.29 is 19.1 Å². The average molecular weight is 623 g/mol. The van der Waals surface area contributed by atoms with Gasteiger partial charge in [0, 0.05) is 30.1 Å². The Morgan fingerprint density at radius 2 is 1.61 bits per heavy atom. The third-order valence-electron chi connectivity index (χ3n) is 8.63. The van der Waals surface area contributed by atoms with Crippen molar-refractivity contribution in [2.45, 2.75) is 76.5 Å². The van der Waals surface area contributed by atoms with Crippen LogP contribution in [-0.2, 0) is 14.3 Å². The van der Waals surface area contributed by atoms with Crippen molar-refractivity contribution in [3.05, 3.63) is 102 Å². The van der Waals surface area contributed by atoms with Crippen LogP contribution in [0.15, 0.2) is 91.1 Å². The van der Waals surface area contributed by atoms with Gasteiger partial charge in [-0.25, -0.2) is 4.98 Å². The number of benzene rings is 3. The highest BCUT2D eigenvalue weighted by Crippen LogP contribution is 2.32. The van der Waals surface area contributed by atoms with Crippen molar-refractivity contribution in [2.75, 3.05) is 25.4 Å². The van der Waals surface area contributed by atoms with Crippen LogP contribution in [0.1, 0.15) is 69.4 Å². The number of hydrogen-bond donors (Lipinski definition) is 2. The number of anilines is 1. The van der Waals surface area contributed by atoms with Gasteiger partial charge in [-0.15, -0.1) is 0 Å². The number of nitrogen functional groups attached to an aromatic ring is 1. The molecule has 0 unspecified atom stereocenters. The third-order valence-corrected chi connectivity index (χ3v) is 8.63. The molecule has 4 aromatic rings. The summed E-state index contributed by atoms with van der Waals surface area (Å²) in [6, 6.07) is 27.3. The Kier molecular flexibility index (Phi) is 11.6. The topological polar surface area (TPSA) is 107 Å². The Morgan fingerprint density at radius 3 is 2.26 bits per heavy atom. The lowest BCUT2D eigenvalue weighted by molar-refractivity contribution is -0.146. The molecule has 0 saturated heterocycles. The van der Waals surface area contributed by atoms with Crippen LogP contribution in [0.3, 0.4) is 0 Å². The molecule has 1 aliphatic rings. The fourth-order valence-corrected chi connectivity index (χ4v) is 6.48. The van der Waals surface area contributed by atoms with Crippen LogP contribution in [0, 0.1) is 0 Å². The van der Waals surface area contributed by atoms with Crippen molar-refractivity contribution in [3.63, 3.8) is 0 Å². The zero-order chi connectivity index (χ0) is 32.3. The minimum absolute atomic E-state index is 0.00404. The lowest BCUT2D eigenvalue weighted by Crippen LogP contribution is -2.54. The molecule has 8 heteroatoms. The van der Waals surface area contributed by atoms with Gasteiger partial charge in [0.25, 0.3) is 0 Å². The number of hydrogen-bond acceptors (Lipinski definition) is 7. The van der Waals surface area contributed by atoms with Crippen molar-refractivity contribution in [2.24, 2.45) is 0 Å². The first-order chi connectivity index (χ1) is 22.4. The first-order valence-corrected chi connectivity index (χ1v) is 16.5. The van der Waals surface area contributed by atoms with Crippen LogP contribution in [0.4, 0.5) is 5.82 Å². The highest BCUT2D eigenvalue weighted by atomic mass is 16.5. The summed E-state index contributed by atoms with van der Waals surface area (Å²) in [6.07, 6.45) is 7.44. The molecule has 46 heavy (non-hydrogen) atoms. The van der Waals surface area contributed by atoms with Crippen LogP contribution in [0.25, 0.3) is 10.8 Å². The first kappa shape index (κ1) is 32.9. The molecule has 242 valence electrons. The highest BCUT2D eigenvalue weighted by Gasteiger charge is 2.37. The number of nitrogens with zero attached hydrogens (tertiary/aromatic N) is 2. The monoisotopic (exact) mass is 622 g/mol. The molecule has 1 saturated carbocycles. The number of pyridine rings is 1. The fourth-order valence-electron chi connectivity index (χ4n) is 6.48. The number of rotatable bonds is 14. The highest BCUT2D eigenvalue weighted by molar-refractivity contribution is 5.91. The Hall–Kier alpha value is -4.43. The molecule has 0 radical (unpaired) electrons. The molecule has 1 amide bonds. The van der Waals surface area contributed by atoms with Crippen molar-refractivity contribution in [1.29, 1.82) is 0 Å². The summed E-state index contributed by atoms with van der Waals surface area (Å²) in [5.41, 5.74) is 8.04. The maximum Gasteiger partial charge on any atom is 0.320 e. The lowest BCUT2D eigenvalue weighted by Gasteiger charge is -2.39. The van der Waals surface area contributed by atoms with Gasteiger partial charge in [-0.1, -0.05) is 79.9 Å². The molecule has 1 heterocycles. The second-order valence-electron chi connectivity index (χ2n) is 12.3. The van der Waals surface area contributed by atoms with Gasteiger partial charge < -0.3 is 20.1 Å². The van der Waals surface area contributed by atoms with Crippen molar-refractivity contribution in [1.82, 2.24) is 15.2 Å². The zero-order valence-corrected chi connectivity index (χ0v) is 26.9. The zero-order valence-electron chi connectivity index (χ0n) is 26.9. The van der Waals surface area contributed by atoms with E-state index in [1.807, 2.05) is 74.5 Å². The van der Waals surface area contributed by atoms with Gasteiger partial charge in [-0.3, -0.25) is 14.9 Å². The minimum atomic E-state index is -0.674. The normalized spacial score (nSPS) is 14.3. The predicted molar refractivity (Wildman–Crippen MR) is 183 cm³/mol. The van der Waals surface area contributed by atoms with E-state index in [2.05, 4.69) is 39.5 Å². The Morgan fingerprint density at radius 1 is 0.935 bits per heavy atom. The second-order valence-corrected chi connectivity index (χ2v) is 12.3. The molecule has 3 N–H and O–H groups in total. The van der Waals surface area contributed by atoms with Gasteiger partial charge in [0.05, 0.1) is 25.3 Å². The molecule has 1 aliphatic carbocycles. The molecule has 1 aromatic heterocycles. The Labute approximate surface area is 272 Å². The van der Waals surface area contributed by atoms with E-state index in [9.17, 15) is 9.59 Å². The van der Waals surface area contributed by atoms with Gasteiger partial charge in [-0.2, -0.15) is 0 Å². The SMILES string of the molecule is CC(C)OC(=O)CN[C@@H](C(=O)N(CCCOc1ccc2c(N)nccc2c1)C1CCCCC1)C(c1ccccc1)c1ccccc1. The van der Waals surface area contributed by atoms with Crippen molar-refractivity contribution in [3.8, 4) is 5.75 Å². The fraction of sp³-hybridized carbons (Fsp3) is 0.395. The van der Waals surface area contributed by atoms with Crippen molar-refractivity contribution >= 4 is 28.5 Å². The van der Waals surface area contributed by atoms with E-state index in [-0.39, 0.29) is 36.5 Å². The molecule has 0 bridgehead atoms. The lowest BCUT2D eigenvalue weighted by atomic mass is 9.83. The molecule has 1 atom stereocenters. The predicted octanol–water partition coefficient (Wildman–Crippen LogP) is 6.49. The maximum atomic E-state index is 14.9. The van der Waals surface area contributed by atoms with Crippen LogP contribution >= 0.6 is 0 Å². The largest absolute Gasteiger partial charge is 0.494 e. The molecule has 0 aliphatic heterocycles. The number of carbonyl (C=O) groups excluding carboxylic acids is 2. The van der Waals surface area contributed by atoms with Crippen LogP contribution in [0.5, 0.6) is 5.75 Å². The molecular weight excluding hydrogens is 576 g/mol. The van der Waals surface area contributed by atoms with Crippen LogP contribution < -0.4 is 15.8 Å². The number of nitrogens with one attached hydrogen (secondary N) is 1. The number of aromatic nitrogens is 1. The summed E-state index contributed by atoms with van der Waals surface area (Å²) in [5, 5.41) is 5.24. The van der Waals surface area contributed by atoms with Crippen LogP contribution in [0.2, 0.25) is 0 Å². The van der Waals surface area contributed by atoms with E-state index in [0.29, 0.717) is 25.4 Å². The van der Waals surface area contributed by atoms with Gasteiger partial charge in [0.2, 0.25) is 5.91 Å². The number of fused-ring (bicyclic) bond motifs is 1. The van der Waals surface area contributed by atoms with E-state index >= 15 is 0 Å². The number of amides is 1. The molecule has 3 aromatic carbocycles. The molecule has 0 spiro atoms. The average Bonchev–Trinajstić information content (AvgIpc) is 3.07. The third kappa shape index (κ3) is 8.63. The van der Waals surface area contributed by atoms with Gasteiger partial charge in [-0.05, 0) is 73.9 Å².